The van der Waals surface area contributed by atoms with Gasteiger partial charge in [-0.15, -0.1) is 11.6 Å². The summed E-state index contributed by atoms with van der Waals surface area (Å²) in [5.74, 6) is -5.87. The molecular formula is C31H43ClO12. The van der Waals surface area contributed by atoms with Gasteiger partial charge in [0.1, 0.15) is 30.0 Å². The molecule has 13 heteroatoms. The van der Waals surface area contributed by atoms with Gasteiger partial charge >= 0.3 is 29.8 Å². The van der Waals surface area contributed by atoms with Crippen LogP contribution in [0.3, 0.4) is 0 Å². The molecule has 0 radical (unpaired) electrons. The van der Waals surface area contributed by atoms with Crippen molar-refractivity contribution in [3.63, 3.8) is 0 Å². The SMILES string of the molecule is C=C1CCC(OC(C)=O)C2(C)C(OC(=O)CC(C)C)CC(OC(C)=O)C3(CO3)C2C(OC(C)=O)C2(O)C(C)C(=O)OC2C1Cl. The second kappa shape index (κ2) is 12.2. The zero-order chi connectivity index (χ0) is 32.9. The van der Waals surface area contributed by atoms with Crippen molar-refractivity contribution < 1.29 is 57.5 Å². The Morgan fingerprint density at radius 2 is 1.59 bits per heavy atom. The Morgan fingerprint density at radius 3 is 2.11 bits per heavy atom. The van der Waals surface area contributed by atoms with E-state index in [1.165, 1.54) is 20.8 Å². The molecule has 2 heterocycles. The van der Waals surface area contributed by atoms with Crippen LogP contribution in [0.4, 0.5) is 0 Å². The van der Waals surface area contributed by atoms with Gasteiger partial charge in [0.2, 0.25) is 0 Å². The molecule has 1 spiro atoms. The number of hydrogen-bond donors (Lipinski definition) is 1. The van der Waals surface area contributed by atoms with E-state index in [0.717, 1.165) is 6.92 Å². The Morgan fingerprint density at radius 1 is 1.02 bits per heavy atom. The summed E-state index contributed by atoms with van der Waals surface area (Å²) in [6, 6.07) is 0. The molecule has 4 aliphatic rings. The van der Waals surface area contributed by atoms with Crippen LogP contribution >= 0.6 is 11.6 Å². The fraction of sp³-hybridized carbons (Fsp3) is 0.774. The van der Waals surface area contributed by atoms with Crippen molar-refractivity contribution in [3.05, 3.63) is 12.2 Å². The highest BCUT2D eigenvalue weighted by molar-refractivity contribution is 6.23. The fourth-order valence-corrected chi connectivity index (χ4v) is 7.87. The molecule has 2 saturated heterocycles. The van der Waals surface area contributed by atoms with E-state index in [2.05, 4.69) is 6.58 Å². The van der Waals surface area contributed by atoms with Crippen molar-refractivity contribution in [2.75, 3.05) is 6.61 Å². The van der Waals surface area contributed by atoms with E-state index in [1.54, 1.807) is 6.92 Å². The topological polar surface area (TPSA) is 164 Å². The molecule has 4 rings (SSSR count). The highest BCUT2D eigenvalue weighted by atomic mass is 35.5. The van der Waals surface area contributed by atoms with Gasteiger partial charge in [-0.1, -0.05) is 32.9 Å². The monoisotopic (exact) mass is 642 g/mol. The van der Waals surface area contributed by atoms with Gasteiger partial charge < -0.3 is 33.5 Å². The number of fused-ring (bicyclic) bond motifs is 3. The molecule has 0 amide bonds. The molecule has 11 atom stereocenters. The molecule has 0 aromatic rings. The predicted molar refractivity (Wildman–Crippen MR) is 153 cm³/mol. The summed E-state index contributed by atoms with van der Waals surface area (Å²) in [6.07, 6.45) is -5.78. The Labute approximate surface area is 262 Å². The average Bonchev–Trinajstić information content (AvgIpc) is 3.65. The number of alkyl halides is 1. The van der Waals surface area contributed by atoms with E-state index >= 15 is 0 Å². The van der Waals surface area contributed by atoms with Crippen molar-refractivity contribution in [1.82, 2.24) is 0 Å². The van der Waals surface area contributed by atoms with Gasteiger partial charge in [0, 0.05) is 39.5 Å². The number of esters is 5. The largest absolute Gasteiger partial charge is 0.462 e. The molecule has 0 aromatic carbocycles. The predicted octanol–water partition coefficient (Wildman–Crippen LogP) is 2.78. The first-order valence-corrected chi connectivity index (χ1v) is 15.4. The number of rotatable bonds is 6. The second-order valence-electron chi connectivity index (χ2n) is 13.2. The van der Waals surface area contributed by atoms with Crippen LogP contribution < -0.4 is 0 Å². The minimum Gasteiger partial charge on any atom is -0.462 e. The summed E-state index contributed by atoms with van der Waals surface area (Å²) in [7, 11) is 0. The van der Waals surface area contributed by atoms with E-state index in [1.807, 2.05) is 13.8 Å². The maximum absolute atomic E-state index is 13.2. The normalized spacial score (nSPS) is 41.6. The third-order valence-electron chi connectivity index (χ3n) is 9.68. The molecular weight excluding hydrogens is 600 g/mol. The lowest BCUT2D eigenvalue weighted by Gasteiger charge is -2.58. The summed E-state index contributed by atoms with van der Waals surface area (Å²) in [6.45, 7) is 14.5. The fourth-order valence-electron chi connectivity index (χ4n) is 7.51. The highest BCUT2D eigenvalue weighted by Crippen LogP contribution is 2.63. The maximum atomic E-state index is 13.2. The molecule has 0 bridgehead atoms. The van der Waals surface area contributed by atoms with Gasteiger partial charge in [0.25, 0.3) is 0 Å². The molecule has 4 fully saturated rings. The number of halogens is 1. The quantitative estimate of drug-likeness (QED) is 0.148. The first-order valence-electron chi connectivity index (χ1n) is 15.0. The van der Waals surface area contributed by atoms with E-state index in [-0.39, 0.29) is 38.2 Å². The number of carbonyl (C=O) groups excluding carboxylic acids is 5. The Kier molecular flexibility index (Phi) is 9.51. The number of hydrogen-bond acceptors (Lipinski definition) is 12. The van der Waals surface area contributed by atoms with Gasteiger partial charge in [-0.05, 0) is 25.7 Å². The molecule has 11 unspecified atom stereocenters. The molecule has 2 aliphatic carbocycles. The van der Waals surface area contributed by atoms with Gasteiger partial charge in [-0.25, -0.2) is 0 Å². The van der Waals surface area contributed by atoms with E-state index < -0.39 is 94.2 Å². The van der Waals surface area contributed by atoms with Crippen LogP contribution in [-0.2, 0) is 52.4 Å². The van der Waals surface area contributed by atoms with Gasteiger partial charge in [-0.2, -0.15) is 0 Å². The first kappa shape index (κ1) is 34.2. The van der Waals surface area contributed by atoms with Crippen LogP contribution in [0.15, 0.2) is 12.2 Å². The van der Waals surface area contributed by atoms with Crippen molar-refractivity contribution >= 4 is 41.4 Å². The molecule has 1 N–H and O–H groups in total. The second-order valence-corrected chi connectivity index (χ2v) is 13.7. The van der Waals surface area contributed by atoms with E-state index in [9.17, 15) is 29.1 Å². The number of carbonyl (C=O) groups is 5. The summed E-state index contributed by atoms with van der Waals surface area (Å²) in [5, 5.41) is 11.6. The minimum atomic E-state index is -2.26. The smallest absolute Gasteiger partial charge is 0.312 e. The third kappa shape index (κ3) is 5.85. The zero-order valence-corrected chi connectivity index (χ0v) is 27.0. The van der Waals surface area contributed by atoms with Gasteiger partial charge in [0.05, 0.1) is 23.3 Å². The Bertz CT molecular complexity index is 1210. The molecule has 2 aliphatic heterocycles. The van der Waals surface area contributed by atoms with Crippen LogP contribution in [0.2, 0.25) is 0 Å². The summed E-state index contributed by atoms with van der Waals surface area (Å²) in [4.78, 5) is 64.2. The summed E-state index contributed by atoms with van der Waals surface area (Å²) < 4.78 is 35.6. The van der Waals surface area contributed by atoms with Crippen molar-refractivity contribution in [3.8, 4) is 0 Å². The third-order valence-corrected chi connectivity index (χ3v) is 10.2. The van der Waals surface area contributed by atoms with Crippen molar-refractivity contribution in [1.29, 1.82) is 0 Å². The highest BCUT2D eigenvalue weighted by Gasteiger charge is 2.78. The van der Waals surface area contributed by atoms with Gasteiger partial charge in [-0.3, -0.25) is 24.0 Å². The molecule has 0 aromatic heterocycles. The van der Waals surface area contributed by atoms with Crippen LogP contribution in [-0.4, -0.2) is 88.7 Å². The maximum Gasteiger partial charge on any atom is 0.312 e. The van der Waals surface area contributed by atoms with Crippen LogP contribution in [0.25, 0.3) is 0 Å². The van der Waals surface area contributed by atoms with E-state index in [0.29, 0.717) is 5.57 Å². The molecule has 44 heavy (non-hydrogen) atoms. The van der Waals surface area contributed by atoms with Crippen LogP contribution in [0.1, 0.15) is 74.1 Å². The number of ether oxygens (including phenoxy) is 6. The Balaban J connectivity index is 2.04. The van der Waals surface area contributed by atoms with Crippen molar-refractivity contribution in [2.24, 2.45) is 23.2 Å². The summed E-state index contributed by atoms with van der Waals surface area (Å²) in [5.41, 5.74) is -4.69. The van der Waals surface area contributed by atoms with Gasteiger partial charge in [0.15, 0.2) is 11.7 Å². The lowest BCUT2D eigenvalue weighted by molar-refractivity contribution is -0.260. The molecule has 2 saturated carbocycles. The first-order chi connectivity index (χ1) is 20.4. The van der Waals surface area contributed by atoms with Crippen LogP contribution in [0.5, 0.6) is 0 Å². The number of epoxide rings is 1. The van der Waals surface area contributed by atoms with Crippen molar-refractivity contribution in [2.45, 2.75) is 121 Å². The van der Waals surface area contributed by atoms with Crippen LogP contribution in [0, 0.1) is 23.2 Å². The van der Waals surface area contributed by atoms with E-state index in [4.69, 9.17) is 40.0 Å². The molecule has 12 nitrogen and oxygen atoms in total. The average molecular weight is 643 g/mol. The lowest BCUT2D eigenvalue weighted by atomic mass is 9.51. The minimum absolute atomic E-state index is 0.00334. The summed E-state index contributed by atoms with van der Waals surface area (Å²) >= 11 is 6.83. The zero-order valence-electron chi connectivity index (χ0n) is 26.3. The molecule has 246 valence electrons. The Hall–Kier alpha value is -2.70. The number of aliphatic hydroxyl groups is 1. The lowest BCUT2D eigenvalue weighted by Crippen LogP contribution is -2.72. The standard InChI is InChI=1S/C31H43ClO12/c1-14(2)11-23(36)43-21-12-22(41-18(6)34)30(13-39-30)25-27(42-19(7)35)31(38)16(4)28(37)44-26(31)24(32)15(3)9-10-20(29(21,25)8)40-17(5)33/h14,16,20-22,24-27,38H,3,9-13H2,1-2,4-8H3.